The Morgan fingerprint density at radius 3 is 1.78 bits per heavy atom. The van der Waals surface area contributed by atoms with Crippen LogP contribution in [0.15, 0.2) is 108 Å². The predicted octanol–water partition coefficient (Wildman–Crippen LogP) is 6.69. The number of nitro benzene ring substituents is 1. The van der Waals surface area contributed by atoms with Gasteiger partial charge in [-0.05, 0) is 22.1 Å². The highest BCUT2D eigenvalue weighted by Crippen LogP contribution is 2.44. The molecule has 6 nitrogen and oxygen atoms in total. The van der Waals surface area contributed by atoms with E-state index in [-0.39, 0.29) is 17.0 Å². The van der Waals surface area contributed by atoms with Crippen LogP contribution in [0.1, 0.15) is 54.6 Å². The Bertz CT molecular complexity index is 1360. The lowest BCUT2D eigenvalue weighted by Crippen LogP contribution is -2.34. The molecule has 0 fully saturated rings. The van der Waals surface area contributed by atoms with Gasteiger partial charge in [-0.1, -0.05) is 112 Å². The van der Waals surface area contributed by atoms with Crippen molar-refractivity contribution in [2.45, 2.75) is 37.8 Å². The van der Waals surface area contributed by atoms with Crippen molar-refractivity contribution in [2.24, 2.45) is 4.99 Å². The summed E-state index contributed by atoms with van der Waals surface area (Å²) < 4.78 is 0. The molecular weight excluding hydrogens is 464 g/mol. The van der Waals surface area contributed by atoms with Crippen molar-refractivity contribution in [3.05, 3.63) is 141 Å². The lowest BCUT2D eigenvalue weighted by atomic mass is 9.77. The van der Waals surface area contributed by atoms with E-state index >= 15 is 0 Å². The number of hydrogen-bond donors (Lipinski definition) is 2. The van der Waals surface area contributed by atoms with Crippen LogP contribution in [0.4, 0.5) is 5.69 Å². The first-order valence-electron chi connectivity index (χ1n) is 12.1. The first-order chi connectivity index (χ1) is 17.6. The van der Waals surface area contributed by atoms with Crippen LogP contribution in [-0.4, -0.2) is 21.4 Å². The monoisotopic (exact) mass is 494 g/mol. The normalized spacial score (nSPS) is 13.0. The number of phenolic OH excluding ortho intramolecular Hbond substituents is 1. The van der Waals surface area contributed by atoms with Crippen LogP contribution >= 0.6 is 0 Å². The van der Waals surface area contributed by atoms with E-state index in [1.165, 1.54) is 18.3 Å². The third-order valence-corrected chi connectivity index (χ3v) is 6.44. The minimum atomic E-state index is -1.57. The highest BCUT2D eigenvalue weighted by molar-refractivity contribution is 5.86. The maximum atomic E-state index is 12.5. The first kappa shape index (κ1) is 25.8. The third kappa shape index (κ3) is 5.29. The zero-order chi connectivity index (χ0) is 26.6. The molecule has 0 aromatic heterocycles. The Kier molecular flexibility index (Phi) is 7.23. The lowest BCUT2D eigenvalue weighted by Gasteiger charge is -2.35. The maximum absolute atomic E-state index is 12.5. The van der Waals surface area contributed by atoms with Gasteiger partial charge in [0.15, 0.2) is 0 Å². The lowest BCUT2D eigenvalue weighted by molar-refractivity contribution is -0.385. The summed E-state index contributed by atoms with van der Waals surface area (Å²) in [4.78, 5) is 16.0. The molecule has 188 valence electrons. The second-order valence-corrected chi connectivity index (χ2v) is 10.0. The molecule has 0 aliphatic carbocycles. The molecule has 6 heteroatoms. The number of nitro groups is 1. The highest BCUT2D eigenvalue weighted by atomic mass is 16.6. The van der Waals surface area contributed by atoms with Gasteiger partial charge in [0, 0.05) is 29.5 Å². The molecule has 0 aliphatic rings. The van der Waals surface area contributed by atoms with Crippen molar-refractivity contribution in [1.82, 2.24) is 0 Å². The maximum Gasteiger partial charge on any atom is 0.270 e. The van der Waals surface area contributed by atoms with Gasteiger partial charge in [0.1, 0.15) is 17.4 Å². The van der Waals surface area contributed by atoms with E-state index in [1.807, 2.05) is 112 Å². The number of nitrogens with zero attached hydrogens (tertiary/aromatic N) is 2. The SMILES string of the molecule is CC(C)(C)c1cc([N+](=O)[O-])cc(C=N[C@H](c2ccccc2)C(O)(c2ccccc2)c2ccccc2)c1O. The van der Waals surface area contributed by atoms with E-state index in [0.717, 1.165) is 5.56 Å². The number of phenols is 1. The standard InChI is InChI=1S/C31H30N2O4/c1-30(2,3)27-20-26(33(36)37)19-23(28(27)34)21-32-29(22-13-7-4-8-14-22)31(35,24-15-9-5-10-16-24)25-17-11-6-12-18-25/h4-21,29,34-35H,1-3H3/t29-/m1/s1. The van der Waals surface area contributed by atoms with E-state index in [4.69, 9.17) is 4.99 Å². The topological polar surface area (TPSA) is 96.0 Å². The van der Waals surface area contributed by atoms with Gasteiger partial charge in [0.25, 0.3) is 5.69 Å². The summed E-state index contributed by atoms with van der Waals surface area (Å²) in [5.74, 6) is -0.0726. The van der Waals surface area contributed by atoms with Gasteiger partial charge in [-0.25, -0.2) is 0 Å². The summed E-state index contributed by atoms with van der Waals surface area (Å²) in [5, 5.41) is 35.2. The largest absolute Gasteiger partial charge is 0.507 e. The van der Waals surface area contributed by atoms with Crippen LogP contribution < -0.4 is 0 Å². The molecule has 1 atom stereocenters. The van der Waals surface area contributed by atoms with Crippen molar-refractivity contribution in [2.75, 3.05) is 0 Å². The van der Waals surface area contributed by atoms with Gasteiger partial charge < -0.3 is 10.2 Å². The van der Waals surface area contributed by atoms with Gasteiger partial charge in [-0.15, -0.1) is 0 Å². The molecule has 0 radical (unpaired) electrons. The van der Waals surface area contributed by atoms with Crippen LogP contribution in [0, 0.1) is 10.1 Å². The Balaban J connectivity index is 1.95. The molecule has 0 unspecified atom stereocenters. The van der Waals surface area contributed by atoms with E-state index in [2.05, 4.69) is 0 Å². The Hall–Kier alpha value is -4.29. The molecule has 0 aliphatic heterocycles. The molecule has 4 rings (SSSR count). The van der Waals surface area contributed by atoms with Gasteiger partial charge in [0.2, 0.25) is 0 Å². The average molecular weight is 495 g/mol. The highest BCUT2D eigenvalue weighted by Gasteiger charge is 2.41. The molecule has 4 aromatic rings. The number of hydrogen-bond acceptors (Lipinski definition) is 5. The molecule has 0 saturated heterocycles. The van der Waals surface area contributed by atoms with Crippen molar-refractivity contribution in [1.29, 1.82) is 0 Å². The number of non-ortho nitro benzene ring substituents is 1. The van der Waals surface area contributed by atoms with Crippen LogP contribution in [0.5, 0.6) is 5.75 Å². The average Bonchev–Trinajstić information content (AvgIpc) is 2.90. The molecule has 0 spiro atoms. The fourth-order valence-electron chi connectivity index (χ4n) is 4.51. The van der Waals surface area contributed by atoms with Crippen molar-refractivity contribution in [3.8, 4) is 5.75 Å². The fourth-order valence-corrected chi connectivity index (χ4v) is 4.51. The Morgan fingerprint density at radius 2 is 1.32 bits per heavy atom. The van der Waals surface area contributed by atoms with Gasteiger partial charge in [-0.2, -0.15) is 0 Å². The smallest absolute Gasteiger partial charge is 0.270 e. The van der Waals surface area contributed by atoms with Gasteiger partial charge in [-0.3, -0.25) is 15.1 Å². The number of rotatable bonds is 7. The second-order valence-electron chi connectivity index (χ2n) is 10.0. The number of aliphatic imine (C=N–C) groups is 1. The number of aliphatic hydroxyl groups is 1. The van der Waals surface area contributed by atoms with Crippen molar-refractivity contribution >= 4 is 11.9 Å². The number of benzene rings is 4. The Morgan fingerprint density at radius 1 is 0.838 bits per heavy atom. The zero-order valence-electron chi connectivity index (χ0n) is 21.1. The Labute approximate surface area is 216 Å². The molecule has 0 heterocycles. The molecular formula is C31H30N2O4. The molecule has 0 saturated carbocycles. The summed E-state index contributed by atoms with van der Waals surface area (Å²) in [6.07, 6.45) is 1.42. The summed E-state index contributed by atoms with van der Waals surface area (Å²) in [5.41, 5.74) is 0.452. The molecule has 0 amide bonds. The minimum absolute atomic E-state index is 0.0726. The quantitative estimate of drug-likeness (QED) is 0.170. The summed E-state index contributed by atoms with van der Waals surface area (Å²) in [6.45, 7) is 5.63. The third-order valence-electron chi connectivity index (χ3n) is 6.44. The van der Waals surface area contributed by atoms with Gasteiger partial charge >= 0.3 is 0 Å². The predicted molar refractivity (Wildman–Crippen MR) is 146 cm³/mol. The van der Waals surface area contributed by atoms with E-state index in [9.17, 15) is 20.3 Å². The van der Waals surface area contributed by atoms with Crippen LogP contribution in [0.2, 0.25) is 0 Å². The first-order valence-corrected chi connectivity index (χ1v) is 12.1. The molecule has 2 N–H and O–H groups in total. The second kappa shape index (κ2) is 10.4. The van der Waals surface area contributed by atoms with E-state index in [1.54, 1.807) is 0 Å². The summed E-state index contributed by atoms with van der Waals surface area (Å²) in [6, 6.07) is 29.9. The summed E-state index contributed by atoms with van der Waals surface area (Å²) in [7, 11) is 0. The van der Waals surface area contributed by atoms with Crippen LogP contribution in [-0.2, 0) is 11.0 Å². The zero-order valence-corrected chi connectivity index (χ0v) is 21.1. The van der Waals surface area contributed by atoms with Crippen molar-refractivity contribution < 1.29 is 15.1 Å². The minimum Gasteiger partial charge on any atom is -0.507 e. The van der Waals surface area contributed by atoms with Gasteiger partial charge in [0.05, 0.1) is 4.92 Å². The summed E-state index contributed by atoms with van der Waals surface area (Å²) >= 11 is 0. The molecule has 4 aromatic carbocycles. The van der Waals surface area contributed by atoms with Crippen LogP contribution in [0.3, 0.4) is 0 Å². The van der Waals surface area contributed by atoms with Crippen LogP contribution in [0.25, 0.3) is 0 Å². The molecule has 37 heavy (non-hydrogen) atoms. The van der Waals surface area contributed by atoms with Crippen molar-refractivity contribution in [3.63, 3.8) is 0 Å². The van der Waals surface area contributed by atoms with E-state index in [0.29, 0.717) is 16.7 Å². The fraction of sp³-hybridized carbons (Fsp3) is 0.194. The number of aromatic hydroxyl groups is 1. The molecule has 0 bridgehead atoms. The van der Waals surface area contributed by atoms with E-state index < -0.39 is 22.0 Å².